The van der Waals surface area contributed by atoms with Crippen molar-refractivity contribution in [3.8, 4) is 17.2 Å². The largest absolute Gasteiger partial charge is 0.490 e. The van der Waals surface area contributed by atoms with Crippen molar-refractivity contribution >= 4 is 27.5 Å². The molecule has 0 saturated heterocycles. The van der Waals surface area contributed by atoms with Gasteiger partial charge in [-0.05, 0) is 75.2 Å². The predicted octanol–water partition coefficient (Wildman–Crippen LogP) is 5.30. The molecule has 2 aromatic carbocycles. The first-order chi connectivity index (χ1) is 16.0. The maximum atomic E-state index is 13.3. The Kier molecular flexibility index (Phi) is 6.93. The first kappa shape index (κ1) is 22.8. The highest BCUT2D eigenvalue weighted by Crippen LogP contribution is 2.31. The molecule has 0 aliphatic rings. The fraction of sp³-hybridized carbons (Fsp3) is 0.280. The Morgan fingerprint density at radius 3 is 2.52 bits per heavy atom. The van der Waals surface area contributed by atoms with Gasteiger partial charge < -0.3 is 14.8 Å². The fourth-order valence-electron chi connectivity index (χ4n) is 3.57. The molecule has 8 heteroatoms. The van der Waals surface area contributed by atoms with Gasteiger partial charge in [-0.3, -0.25) is 4.79 Å². The van der Waals surface area contributed by atoms with Gasteiger partial charge in [0, 0.05) is 11.9 Å². The monoisotopic (exact) mass is 467 g/mol. The van der Waals surface area contributed by atoms with Gasteiger partial charge >= 0.3 is 0 Å². The molecule has 0 unspecified atom stereocenters. The van der Waals surface area contributed by atoms with Crippen LogP contribution in [-0.2, 0) is 6.42 Å². The molecular weight excluding hydrogens is 441 g/mol. The minimum absolute atomic E-state index is 0.128. The number of hydrogen-bond acceptors (Lipinski definition) is 5. The van der Waals surface area contributed by atoms with E-state index >= 15 is 0 Å². The van der Waals surface area contributed by atoms with E-state index in [0.717, 1.165) is 32.9 Å². The molecule has 0 atom stereocenters. The predicted molar refractivity (Wildman–Crippen MR) is 128 cm³/mol. The molecule has 4 aromatic rings. The number of carbonyl (C=O) groups excluding carboxylic acids is 1. The highest BCUT2D eigenvalue weighted by atomic mass is 32.1. The van der Waals surface area contributed by atoms with E-state index in [1.54, 1.807) is 16.8 Å². The second kappa shape index (κ2) is 10.0. The van der Waals surface area contributed by atoms with Crippen LogP contribution in [0, 0.1) is 12.7 Å². The second-order valence-corrected chi connectivity index (χ2v) is 8.49. The summed E-state index contributed by atoms with van der Waals surface area (Å²) in [5.41, 5.74) is 2.63. The third-order valence-corrected chi connectivity index (χ3v) is 6.26. The number of ether oxygens (including phenoxy) is 2. The Labute approximate surface area is 195 Å². The van der Waals surface area contributed by atoms with Crippen molar-refractivity contribution in [2.45, 2.75) is 27.2 Å². The van der Waals surface area contributed by atoms with Crippen molar-refractivity contribution in [3.05, 3.63) is 70.5 Å². The molecule has 6 nitrogen and oxygen atoms in total. The van der Waals surface area contributed by atoms with Crippen LogP contribution in [0.25, 0.3) is 15.9 Å². The molecule has 172 valence electrons. The minimum atomic E-state index is -0.300. The molecule has 0 spiro atoms. The Bertz CT molecular complexity index is 1260. The van der Waals surface area contributed by atoms with E-state index in [0.29, 0.717) is 36.8 Å². The summed E-state index contributed by atoms with van der Waals surface area (Å²) in [6.45, 7) is 7.40. The number of carbonyl (C=O) groups is 1. The number of aromatic nitrogens is 2. The molecule has 0 fully saturated rings. The zero-order chi connectivity index (χ0) is 23.4. The number of fused-ring (bicyclic) bond motifs is 1. The van der Waals surface area contributed by atoms with Crippen LogP contribution in [-0.4, -0.2) is 35.4 Å². The van der Waals surface area contributed by atoms with Crippen molar-refractivity contribution in [3.63, 3.8) is 0 Å². The average Bonchev–Trinajstić information content (AvgIpc) is 3.37. The van der Waals surface area contributed by atoms with Gasteiger partial charge in [-0.15, -0.1) is 11.3 Å². The standard InChI is InChI=1S/C25H26FN3O3S/c1-4-31-21-11-6-17(14-22(21)32-5-2)12-13-27-24(30)23-15-20-16(3)28-29(25(20)33-23)19-9-7-18(26)8-10-19/h6-11,14-15H,4-5,12-13H2,1-3H3,(H,27,30). The third-order valence-electron chi connectivity index (χ3n) is 5.15. The van der Waals surface area contributed by atoms with E-state index in [2.05, 4.69) is 10.4 Å². The highest BCUT2D eigenvalue weighted by Gasteiger charge is 2.17. The van der Waals surface area contributed by atoms with Gasteiger partial charge in [0.1, 0.15) is 10.6 Å². The molecule has 0 aliphatic heterocycles. The first-order valence-corrected chi connectivity index (χ1v) is 11.7. The van der Waals surface area contributed by atoms with Crippen LogP contribution in [0.2, 0.25) is 0 Å². The summed E-state index contributed by atoms with van der Waals surface area (Å²) in [5.74, 6) is 1.01. The lowest BCUT2D eigenvalue weighted by molar-refractivity contribution is 0.0958. The van der Waals surface area contributed by atoms with Crippen molar-refractivity contribution in [2.24, 2.45) is 0 Å². The van der Waals surface area contributed by atoms with Crippen LogP contribution in [0.1, 0.15) is 34.8 Å². The summed E-state index contributed by atoms with van der Waals surface area (Å²) in [4.78, 5) is 14.3. The van der Waals surface area contributed by atoms with Crippen LogP contribution in [0.5, 0.6) is 11.5 Å². The number of benzene rings is 2. The van der Waals surface area contributed by atoms with Crippen LogP contribution in [0.3, 0.4) is 0 Å². The number of rotatable bonds is 9. The number of nitrogens with zero attached hydrogens (tertiary/aromatic N) is 2. The van der Waals surface area contributed by atoms with E-state index in [4.69, 9.17) is 9.47 Å². The van der Waals surface area contributed by atoms with Gasteiger partial charge in [0.25, 0.3) is 5.91 Å². The van der Waals surface area contributed by atoms with Crippen LogP contribution in [0.4, 0.5) is 4.39 Å². The Balaban J connectivity index is 1.45. The molecule has 1 amide bonds. The van der Waals surface area contributed by atoms with Gasteiger partial charge in [0.05, 0.1) is 29.5 Å². The van der Waals surface area contributed by atoms with Crippen LogP contribution in [0.15, 0.2) is 48.5 Å². The number of hydrogen-bond donors (Lipinski definition) is 1. The minimum Gasteiger partial charge on any atom is -0.490 e. The molecule has 2 heterocycles. The maximum Gasteiger partial charge on any atom is 0.261 e. The summed E-state index contributed by atoms with van der Waals surface area (Å²) in [6, 6.07) is 13.9. The number of amides is 1. The van der Waals surface area contributed by atoms with Crippen LogP contribution >= 0.6 is 11.3 Å². The van der Waals surface area contributed by atoms with Gasteiger partial charge in [0.2, 0.25) is 0 Å². The lowest BCUT2D eigenvalue weighted by atomic mass is 10.1. The summed E-state index contributed by atoms with van der Waals surface area (Å²) in [7, 11) is 0. The van der Waals surface area contributed by atoms with E-state index in [1.165, 1.54) is 23.5 Å². The molecular formula is C25H26FN3O3S. The van der Waals surface area contributed by atoms with Crippen molar-refractivity contribution in [1.29, 1.82) is 0 Å². The molecule has 0 bridgehead atoms. The number of thiophene rings is 1. The lowest BCUT2D eigenvalue weighted by Gasteiger charge is -2.12. The fourth-order valence-corrected chi connectivity index (χ4v) is 4.67. The quantitative estimate of drug-likeness (QED) is 0.363. The SMILES string of the molecule is CCOc1ccc(CCNC(=O)c2cc3c(C)nn(-c4ccc(F)cc4)c3s2)cc1OCC. The van der Waals surface area contributed by atoms with Crippen LogP contribution < -0.4 is 14.8 Å². The summed E-state index contributed by atoms with van der Waals surface area (Å²) >= 11 is 1.37. The zero-order valence-corrected chi connectivity index (χ0v) is 19.7. The molecule has 4 rings (SSSR count). The molecule has 1 N–H and O–H groups in total. The van der Waals surface area contributed by atoms with Gasteiger partial charge in [-0.2, -0.15) is 5.10 Å². The van der Waals surface area contributed by atoms with E-state index in [-0.39, 0.29) is 11.7 Å². The van der Waals surface area contributed by atoms with E-state index in [1.807, 2.05) is 45.0 Å². The Morgan fingerprint density at radius 1 is 1.06 bits per heavy atom. The topological polar surface area (TPSA) is 65.4 Å². The maximum absolute atomic E-state index is 13.3. The molecule has 33 heavy (non-hydrogen) atoms. The molecule has 0 aliphatic carbocycles. The second-order valence-electron chi connectivity index (χ2n) is 7.46. The van der Waals surface area contributed by atoms with Crippen molar-refractivity contribution in [2.75, 3.05) is 19.8 Å². The number of nitrogens with one attached hydrogen (secondary N) is 1. The van der Waals surface area contributed by atoms with E-state index < -0.39 is 0 Å². The average molecular weight is 468 g/mol. The lowest BCUT2D eigenvalue weighted by Crippen LogP contribution is -2.24. The zero-order valence-electron chi connectivity index (χ0n) is 18.9. The van der Waals surface area contributed by atoms with Crippen molar-refractivity contribution in [1.82, 2.24) is 15.1 Å². The molecule has 0 radical (unpaired) electrons. The summed E-state index contributed by atoms with van der Waals surface area (Å²) in [5, 5.41) is 8.46. The third kappa shape index (κ3) is 5.01. The normalized spacial score (nSPS) is 11.0. The Morgan fingerprint density at radius 2 is 1.79 bits per heavy atom. The molecule has 2 aromatic heterocycles. The van der Waals surface area contributed by atoms with Gasteiger partial charge in [-0.25, -0.2) is 9.07 Å². The van der Waals surface area contributed by atoms with Gasteiger partial charge in [-0.1, -0.05) is 6.07 Å². The number of halogens is 1. The first-order valence-electron chi connectivity index (χ1n) is 10.9. The smallest absolute Gasteiger partial charge is 0.261 e. The highest BCUT2D eigenvalue weighted by molar-refractivity contribution is 7.20. The van der Waals surface area contributed by atoms with E-state index in [9.17, 15) is 9.18 Å². The summed E-state index contributed by atoms with van der Waals surface area (Å²) < 4.78 is 26.3. The number of aryl methyl sites for hydroxylation is 1. The van der Waals surface area contributed by atoms with Gasteiger partial charge in [0.15, 0.2) is 11.5 Å². The molecule has 0 saturated carbocycles. The van der Waals surface area contributed by atoms with Crippen molar-refractivity contribution < 1.29 is 18.7 Å². The summed E-state index contributed by atoms with van der Waals surface area (Å²) in [6.07, 6.45) is 0.672. The Hall–Kier alpha value is -3.39.